The molecule has 0 fully saturated rings. The Morgan fingerprint density at radius 1 is 1.21 bits per heavy atom. The fourth-order valence-electron chi connectivity index (χ4n) is 1.52. The van der Waals surface area contributed by atoms with Crippen LogP contribution in [-0.2, 0) is 6.18 Å². The van der Waals surface area contributed by atoms with Crippen LogP contribution in [0.25, 0.3) is 0 Å². The van der Waals surface area contributed by atoms with Gasteiger partial charge in [-0.3, -0.25) is 0 Å². The lowest BCUT2D eigenvalue weighted by atomic mass is 10.1. The molecule has 19 heavy (non-hydrogen) atoms. The van der Waals surface area contributed by atoms with Crippen LogP contribution in [0.4, 0.5) is 17.6 Å². The zero-order valence-electron chi connectivity index (χ0n) is 10.8. The van der Waals surface area contributed by atoms with Crippen molar-refractivity contribution in [3.05, 3.63) is 35.1 Å². The summed E-state index contributed by atoms with van der Waals surface area (Å²) in [7, 11) is 0. The Hall–Kier alpha value is -0.750. The number of thioether (sulfide) groups is 1. The summed E-state index contributed by atoms with van der Waals surface area (Å²) in [5.41, 5.74) is 4.98. The third-order valence-corrected chi connectivity index (χ3v) is 3.97. The lowest BCUT2D eigenvalue weighted by Crippen LogP contribution is -2.15. The SMILES string of the molecule is CC(C)CSCC(N)c1ccc(C(F)(F)F)c(F)c1. The summed E-state index contributed by atoms with van der Waals surface area (Å²) in [5.74, 6) is 0.718. The van der Waals surface area contributed by atoms with Gasteiger partial charge in [-0.2, -0.15) is 24.9 Å². The van der Waals surface area contributed by atoms with Gasteiger partial charge in [0.1, 0.15) is 5.82 Å². The van der Waals surface area contributed by atoms with Gasteiger partial charge in [-0.05, 0) is 29.4 Å². The van der Waals surface area contributed by atoms with Gasteiger partial charge in [0.05, 0.1) is 5.56 Å². The summed E-state index contributed by atoms with van der Waals surface area (Å²) in [6.07, 6.45) is -4.67. The molecule has 0 aliphatic carbocycles. The van der Waals surface area contributed by atoms with E-state index < -0.39 is 23.6 Å². The summed E-state index contributed by atoms with van der Waals surface area (Å²) in [6.45, 7) is 4.13. The van der Waals surface area contributed by atoms with Crippen LogP contribution in [0, 0.1) is 11.7 Å². The molecule has 1 aromatic carbocycles. The van der Waals surface area contributed by atoms with Crippen molar-refractivity contribution in [2.45, 2.75) is 26.1 Å². The van der Waals surface area contributed by atoms with Gasteiger partial charge in [0.25, 0.3) is 0 Å². The highest BCUT2D eigenvalue weighted by Gasteiger charge is 2.34. The maximum absolute atomic E-state index is 13.4. The Balaban J connectivity index is 2.72. The molecule has 0 radical (unpaired) electrons. The molecule has 6 heteroatoms. The number of nitrogens with two attached hydrogens (primary N) is 1. The van der Waals surface area contributed by atoms with Gasteiger partial charge in [0.15, 0.2) is 0 Å². The molecule has 2 N–H and O–H groups in total. The van der Waals surface area contributed by atoms with Crippen molar-refractivity contribution in [1.29, 1.82) is 0 Å². The largest absolute Gasteiger partial charge is 0.419 e. The molecule has 0 saturated heterocycles. The molecule has 1 aromatic rings. The molecule has 0 amide bonds. The minimum Gasteiger partial charge on any atom is -0.323 e. The van der Waals surface area contributed by atoms with Gasteiger partial charge in [0, 0.05) is 11.8 Å². The first-order valence-corrected chi connectivity index (χ1v) is 7.07. The van der Waals surface area contributed by atoms with Gasteiger partial charge >= 0.3 is 6.18 Å². The fraction of sp³-hybridized carbons (Fsp3) is 0.538. The number of hydrogen-bond acceptors (Lipinski definition) is 2. The summed E-state index contributed by atoms with van der Waals surface area (Å²) in [4.78, 5) is 0. The van der Waals surface area contributed by atoms with Crippen LogP contribution < -0.4 is 5.73 Å². The third kappa shape index (κ3) is 5.03. The number of hydrogen-bond donors (Lipinski definition) is 1. The van der Waals surface area contributed by atoms with E-state index in [1.165, 1.54) is 6.07 Å². The quantitative estimate of drug-likeness (QED) is 0.823. The predicted molar refractivity (Wildman–Crippen MR) is 70.5 cm³/mol. The Labute approximate surface area is 114 Å². The highest BCUT2D eigenvalue weighted by Crippen LogP contribution is 2.32. The molecule has 1 atom stereocenters. The highest BCUT2D eigenvalue weighted by atomic mass is 32.2. The molecule has 0 spiro atoms. The standard InChI is InChI=1S/C13H17F4NS/c1-8(2)6-19-7-12(18)9-3-4-10(11(14)5-9)13(15,16)17/h3-5,8,12H,6-7,18H2,1-2H3. The fourth-order valence-corrected chi connectivity index (χ4v) is 2.57. The van der Waals surface area contributed by atoms with Crippen LogP contribution in [-0.4, -0.2) is 11.5 Å². The first kappa shape index (κ1) is 16.3. The molecular weight excluding hydrogens is 278 g/mol. The zero-order valence-corrected chi connectivity index (χ0v) is 11.6. The molecule has 0 heterocycles. The second-order valence-electron chi connectivity index (χ2n) is 4.77. The van der Waals surface area contributed by atoms with Crippen LogP contribution in [0.1, 0.15) is 31.0 Å². The van der Waals surface area contributed by atoms with Crippen molar-refractivity contribution in [3.63, 3.8) is 0 Å². The average Bonchev–Trinajstić information content (AvgIpc) is 2.26. The molecule has 1 nitrogen and oxygen atoms in total. The van der Waals surface area contributed by atoms with Crippen molar-refractivity contribution < 1.29 is 17.6 Å². The van der Waals surface area contributed by atoms with Gasteiger partial charge in [-0.25, -0.2) is 4.39 Å². The Morgan fingerprint density at radius 3 is 2.32 bits per heavy atom. The van der Waals surface area contributed by atoms with Crippen LogP contribution in [0.3, 0.4) is 0 Å². The van der Waals surface area contributed by atoms with Gasteiger partial charge in [0.2, 0.25) is 0 Å². The number of alkyl halides is 3. The van der Waals surface area contributed by atoms with E-state index in [1.54, 1.807) is 11.8 Å². The number of halogens is 4. The zero-order chi connectivity index (χ0) is 14.6. The van der Waals surface area contributed by atoms with Crippen LogP contribution in [0.15, 0.2) is 18.2 Å². The Bertz CT molecular complexity index is 418. The first-order chi connectivity index (χ1) is 8.71. The van der Waals surface area contributed by atoms with E-state index in [9.17, 15) is 17.6 Å². The average molecular weight is 295 g/mol. The Kier molecular flexibility index (Phi) is 5.67. The second kappa shape index (κ2) is 6.61. The summed E-state index contributed by atoms with van der Waals surface area (Å²) >= 11 is 1.61. The highest BCUT2D eigenvalue weighted by molar-refractivity contribution is 7.99. The molecule has 1 unspecified atom stereocenters. The first-order valence-electron chi connectivity index (χ1n) is 5.91. The van der Waals surface area contributed by atoms with Crippen LogP contribution >= 0.6 is 11.8 Å². The minimum absolute atomic E-state index is 0.391. The van der Waals surface area contributed by atoms with Crippen molar-refractivity contribution in [2.24, 2.45) is 11.7 Å². The lowest BCUT2D eigenvalue weighted by Gasteiger charge is -2.15. The lowest BCUT2D eigenvalue weighted by molar-refractivity contribution is -0.140. The van der Waals surface area contributed by atoms with Gasteiger partial charge in [-0.1, -0.05) is 19.9 Å². The number of benzene rings is 1. The second-order valence-corrected chi connectivity index (χ2v) is 5.85. The van der Waals surface area contributed by atoms with E-state index in [4.69, 9.17) is 5.73 Å². The summed E-state index contributed by atoms with van der Waals surface area (Å²) in [5, 5.41) is 0. The molecule has 0 bridgehead atoms. The maximum Gasteiger partial charge on any atom is 0.419 e. The summed E-state index contributed by atoms with van der Waals surface area (Å²) in [6, 6.07) is 2.41. The number of rotatable bonds is 5. The van der Waals surface area contributed by atoms with Crippen molar-refractivity contribution in [3.8, 4) is 0 Å². The summed E-state index contributed by atoms with van der Waals surface area (Å²) < 4.78 is 50.6. The minimum atomic E-state index is -4.67. The Morgan fingerprint density at radius 2 is 1.84 bits per heavy atom. The van der Waals surface area contributed by atoms with Crippen molar-refractivity contribution in [1.82, 2.24) is 0 Å². The van der Waals surface area contributed by atoms with Crippen LogP contribution in [0.5, 0.6) is 0 Å². The van der Waals surface area contributed by atoms with E-state index in [0.717, 1.165) is 17.9 Å². The van der Waals surface area contributed by atoms with E-state index in [0.29, 0.717) is 17.2 Å². The van der Waals surface area contributed by atoms with Gasteiger partial charge in [-0.15, -0.1) is 0 Å². The van der Waals surface area contributed by atoms with E-state index in [2.05, 4.69) is 13.8 Å². The molecule has 1 rings (SSSR count). The molecule has 0 aromatic heterocycles. The van der Waals surface area contributed by atoms with Gasteiger partial charge < -0.3 is 5.73 Å². The monoisotopic (exact) mass is 295 g/mol. The maximum atomic E-state index is 13.4. The van der Waals surface area contributed by atoms with Crippen molar-refractivity contribution >= 4 is 11.8 Å². The molecular formula is C13H17F4NS. The third-order valence-electron chi connectivity index (χ3n) is 2.48. The van der Waals surface area contributed by atoms with E-state index in [-0.39, 0.29) is 0 Å². The predicted octanol–water partition coefficient (Wildman–Crippen LogP) is 4.23. The molecule has 108 valence electrons. The normalized spacial score (nSPS) is 13.9. The van der Waals surface area contributed by atoms with Crippen LogP contribution in [0.2, 0.25) is 0 Å². The van der Waals surface area contributed by atoms with E-state index >= 15 is 0 Å². The topological polar surface area (TPSA) is 26.0 Å². The smallest absolute Gasteiger partial charge is 0.323 e. The van der Waals surface area contributed by atoms with Crippen molar-refractivity contribution in [2.75, 3.05) is 11.5 Å². The van der Waals surface area contributed by atoms with E-state index in [1.807, 2.05) is 0 Å². The molecule has 0 aliphatic rings. The molecule has 0 aliphatic heterocycles. The molecule has 0 saturated carbocycles.